The van der Waals surface area contributed by atoms with Crippen LogP contribution >= 0.6 is 0 Å². The summed E-state index contributed by atoms with van der Waals surface area (Å²) < 4.78 is 5.28. The standard InChI is InChI=1S/C9H18O/c1-3-4-5-6-7-9(2)8-10-9/h3-8H2,1-2H3/t9-/m1/s1. The minimum atomic E-state index is 0.299. The van der Waals surface area contributed by atoms with Crippen LogP contribution in [-0.2, 0) is 4.74 Å². The first-order valence-corrected chi connectivity index (χ1v) is 4.41. The number of rotatable bonds is 5. The molecule has 0 amide bonds. The van der Waals surface area contributed by atoms with Gasteiger partial charge in [-0.2, -0.15) is 0 Å². The van der Waals surface area contributed by atoms with Crippen LogP contribution in [0.25, 0.3) is 0 Å². The van der Waals surface area contributed by atoms with Crippen molar-refractivity contribution in [2.24, 2.45) is 0 Å². The van der Waals surface area contributed by atoms with Gasteiger partial charge >= 0.3 is 0 Å². The highest BCUT2D eigenvalue weighted by Gasteiger charge is 2.37. The molecular formula is C9H18O. The molecule has 60 valence electrons. The van der Waals surface area contributed by atoms with Gasteiger partial charge in [-0.05, 0) is 13.3 Å². The van der Waals surface area contributed by atoms with Crippen molar-refractivity contribution in [1.82, 2.24) is 0 Å². The van der Waals surface area contributed by atoms with Crippen LogP contribution in [0.1, 0.15) is 46.0 Å². The molecule has 1 saturated heterocycles. The molecule has 1 fully saturated rings. The van der Waals surface area contributed by atoms with Crippen LogP contribution in [0.5, 0.6) is 0 Å². The van der Waals surface area contributed by atoms with E-state index in [9.17, 15) is 0 Å². The zero-order valence-electron chi connectivity index (χ0n) is 7.15. The normalized spacial score (nSPS) is 30.6. The van der Waals surface area contributed by atoms with E-state index in [0.717, 1.165) is 6.61 Å². The molecule has 0 spiro atoms. The summed E-state index contributed by atoms with van der Waals surface area (Å²) in [5, 5.41) is 0. The lowest BCUT2D eigenvalue weighted by Gasteiger charge is -2.02. The Bertz CT molecular complexity index is 94.9. The number of epoxide rings is 1. The topological polar surface area (TPSA) is 12.5 Å². The number of hydrogen-bond donors (Lipinski definition) is 0. The molecule has 1 nitrogen and oxygen atoms in total. The largest absolute Gasteiger partial charge is 0.370 e. The highest BCUT2D eigenvalue weighted by molar-refractivity contribution is 4.86. The summed E-state index contributed by atoms with van der Waals surface area (Å²) in [7, 11) is 0. The van der Waals surface area contributed by atoms with Gasteiger partial charge in [-0.15, -0.1) is 0 Å². The monoisotopic (exact) mass is 142 g/mol. The maximum Gasteiger partial charge on any atom is 0.0888 e. The van der Waals surface area contributed by atoms with Crippen molar-refractivity contribution in [3.05, 3.63) is 0 Å². The van der Waals surface area contributed by atoms with Gasteiger partial charge in [0.25, 0.3) is 0 Å². The van der Waals surface area contributed by atoms with Crippen molar-refractivity contribution in [1.29, 1.82) is 0 Å². The minimum Gasteiger partial charge on any atom is -0.370 e. The minimum absolute atomic E-state index is 0.299. The molecule has 1 aliphatic heterocycles. The maximum atomic E-state index is 5.28. The molecule has 0 aromatic carbocycles. The molecule has 0 N–H and O–H groups in total. The van der Waals surface area contributed by atoms with E-state index < -0.39 is 0 Å². The molecule has 0 radical (unpaired) electrons. The van der Waals surface area contributed by atoms with Gasteiger partial charge in [0, 0.05) is 0 Å². The van der Waals surface area contributed by atoms with E-state index in [1.807, 2.05) is 0 Å². The first-order valence-electron chi connectivity index (χ1n) is 4.41. The Morgan fingerprint density at radius 2 is 2.00 bits per heavy atom. The Morgan fingerprint density at radius 1 is 1.30 bits per heavy atom. The Kier molecular flexibility index (Phi) is 2.72. The first kappa shape index (κ1) is 8.06. The average molecular weight is 142 g/mol. The Labute approximate surface area is 63.8 Å². The fraction of sp³-hybridized carbons (Fsp3) is 1.00. The summed E-state index contributed by atoms with van der Waals surface area (Å²) in [6.07, 6.45) is 6.72. The van der Waals surface area contributed by atoms with Gasteiger partial charge in [0.2, 0.25) is 0 Å². The fourth-order valence-electron chi connectivity index (χ4n) is 1.19. The summed E-state index contributed by atoms with van der Waals surface area (Å²) in [5.41, 5.74) is 0.299. The molecule has 10 heavy (non-hydrogen) atoms. The highest BCUT2D eigenvalue weighted by atomic mass is 16.6. The van der Waals surface area contributed by atoms with E-state index in [1.165, 1.54) is 32.1 Å². The number of ether oxygens (including phenoxy) is 1. The molecule has 0 aromatic rings. The van der Waals surface area contributed by atoms with Crippen molar-refractivity contribution in [3.8, 4) is 0 Å². The molecule has 1 atom stereocenters. The summed E-state index contributed by atoms with van der Waals surface area (Å²) >= 11 is 0. The summed E-state index contributed by atoms with van der Waals surface area (Å²) in [6, 6.07) is 0. The zero-order chi connectivity index (χ0) is 7.45. The third kappa shape index (κ3) is 2.70. The van der Waals surface area contributed by atoms with Crippen LogP contribution in [0.3, 0.4) is 0 Å². The van der Waals surface area contributed by atoms with Crippen LogP contribution in [0.4, 0.5) is 0 Å². The summed E-state index contributed by atoms with van der Waals surface area (Å²) in [4.78, 5) is 0. The molecule has 0 saturated carbocycles. The van der Waals surface area contributed by atoms with Gasteiger partial charge in [0.15, 0.2) is 0 Å². The van der Waals surface area contributed by atoms with E-state index in [-0.39, 0.29) is 0 Å². The SMILES string of the molecule is CCCCCC[C@]1(C)CO1. The van der Waals surface area contributed by atoms with Crippen molar-refractivity contribution in [3.63, 3.8) is 0 Å². The van der Waals surface area contributed by atoms with Gasteiger partial charge in [0.05, 0.1) is 12.2 Å². The van der Waals surface area contributed by atoms with E-state index in [2.05, 4.69) is 13.8 Å². The average Bonchev–Trinajstić information content (AvgIpc) is 2.62. The van der Waals surface area contributed by atoms with Gasteiger partial charge in [-0.25, -0.2) is 0 Å². The molecule has 0 aliphatic carbocycles. The third-order valence-corrected chi connectivity index (χ3v) is 2.20. The Morgan fingerprint density at radius 3 is 2.50 bits per heavy atom. The number of unbranched alkanes of at least 4 members (excludes halogenated alkanes) is 3. The van der Waals surface area contributed by atoms with Crippen LogP contribution in [0.2, 0.25) is 0 Å². The predicted molar refractivity (Wildman–Crippen MR) is 43.1 cm³/mol. The first-order chi connectivity index (χ1) is 4.77. The molecule has 0 aromatic heterocycles. The molecular weight excluding hydrogens is 124 g/mol. The van der Waals surface area contributed by atoms with Crippen LogP contribution in [0.15, 0.2) is 0 Å². The second-order valence-electron chi connectivity index (χ2n) is 3.55. The second kappa shape index (κ2) is 3.38. The van der Waals surface area contributed by atoms with Gasteiger partial charge < -0.3 is 4.74 Å². The van der Waals surface area contributed by atoms with Crippen LogP contribution in [0, 0.1) is 0 Å². The van der Waals surface area contributed by atoms with Crippen molar-refractivity contribution >= 4 is 0 Å². The summed E-state index contributed by atoms with van der Waals surface area (Å²) in [5.74, 6) is 0. The van der Waals surface area contributed by atoms with Gasteiger partial charge in [-0.1, -0.05) is 32.6 Å². The predicted octanol–water partition coefficient (Wildman–Crippen LogP) is 2.75. The molecule has 1 aliphatic rings. The summed E-state index contributed by atoms with van der Waals surface area (Å²) in [6.45, 7) is 5.45. The van der Waals surface area contributed by atoms with Crippen molar-refractivity contribution < 1.29 is 4.74 Å². The molecule has 1 heterocycles. The highest BCUT2D eigenvalue weighted by Crippen LogP contribution is 2.31. The van der Waals surface area contributed by atoms with E-state index in [0.29, 0.717) is 5.60 Å². The maximum absolute atomic E-state index is 5.28. The fourth-order valence-corrected chi connectivity index (χ4v) is 1.19. The van der Waals surface area contributed by atoms with Gasteiger partial charge in [0.1, 0.15) is 0 Å². The second-order valence-corrected chi connectivity index (χ2v) is 3.55. The van der Waals surface area contributed by atoms with Crippen LogP contribution in [-0.4, -0.2) is 12.2 Å². The van der Waals surface area contributed by atoms with Gasteiger partial charge in [-0.3, -0.25) is 0 Å². The lowest BCUT2D eigenvalue weighted by molar-refractivity contribution is 0.301. The number of hydrogen-bond acceptors (Lipinski definition) is 1. The molecule has 0 bridgehead atoms. The van der Waals surface area contributed by atoms with Crippen LogP contribution < -0.4 is 0 Å². The molecule has 1 rings (SSSR count). The van der Waals surface area contributed by atoms with E-state index in [4.69, 9.17) is 4.74 Å². The van der Waals surface area contributed by atoms with E-state index >= 15 is 0 Å². The lowest BCUT2D eigenvalue weighted by atomic mass is 10.0. The van der Waals surface area contributed by atoms with E-state index in [1.54, 1.807) is 0 Å². The van der Waals surface area contributed by atoms with Crippen molar-refractivity contribution in [2.75, 3.05) is 6.61 Å². The third-order valence-electron chi connectivity index (χ3n) is 2.20. The van der Waals surface area contributed by atoms with Crippen molar-refractivity contribution in [2.45, 2.75) is 51.6 Å². The smallest absolute Gasteiger partial charge is 0.0888 e. The molecule has 1 heteroatoms. The quantitative estimate of drug-likeness (QED) is 0.425. The Balaban J connectivity index is 1.86. The molecule has 0 unspecified atom stereocenters. The Hall–Kier alpha value is -0.0400. The zero-order valence-corrected chi connectivity index (χ0v) is 7.15. The lowest BCUT2D eigenvalue weighted by Crippen LogP contribution is -2.02.